The van der Waals surface area contributed by atoms with E-state index in [1.54, 1.807) is 0 Å². The highest BCUT2D eigenvalue weighted by molar-refractivity contribution is 5.66. The number of unbranched alkanes of at least 4 members (excludes halogenated alkanes) is 7. The molecule has 0 aliphatic carbocycles. The number of hydrogen-bond acceptors (Lipinski definition) is 2. The van der Waals surface area contributed by atoms with Crippen LogP contribution in [0.15, 0.2) is 12.2 Å². The van der Waals surface area contributed by atoms with Crippen LogP contribution in [0.3, 0.4) is 0 Å². The van der Waals surface area contributed by atoms with Gasteiger partial charge in [0.15, 0.2) is 0 Å². The van der Waals surface area contributed by atoms with Gasteiger partial charge < -0.3 is 10.2 Å². The Kier molecular flexibility index (Phi) is 14.9. The van der Waals surface area contributed by atoms with Gasteiger partial charge >= 0.3 is 5.97 Å². The fourth-order valence-corrected chi connectivity index (χ4v) is 2.38. The molecular weight excluding hydrogens is 264 g/mol. The van der Waals surface area contributed by atoms with E-state index in [1.807, 2.05) is 0 Å². The maximum absolute atomic E-state index is 10.4. The molecule has 0 saturated carbocycles. The quantitative estimate of drug-likeness (QED) is 0.327. The molecule has 0 rings (SSSR count). The Morgan fingerprint density at radius 1 is 0.905 bits per heavy atom. The Hall–Kier alpha value is -0.830. The predicted octanol–water partition coefficient (Wildman–Crippen LogP) is 5.08. The topological polar surface area (TPSA) is 57.5 Å². The first-order chi connectivity index (χ1) is 10.2. The molecule has 21 heavy (non-hydrogen) atoms. The van der Waals surface area contributed by atoms with E-state index in [4.69, 9.17) is 5.11 Å². The van der Waals surface area contributed by atoms with Gasteiger partial charge in [-0.25, -0.2) is 0 Å². The summed E-state index contributed by atoms with van der Waals surface area (Å²) >= 11 is 0. The zero-order valence-corrected chi connectivity index (χ0v) is 13.7. The van der Waals surface area contributed by atoms with E-state index in [0.717, 1.165) is 25.7 Å². The second-order valence-electron chi connectivity index (χ2n) is 5.90. The van der Waals surface area contributed by atoms with Gasteiger partial charge in [-0.2, -0.15) is 0 Å². The van der Waals surface area contributed by atoms with Crippen molar-refractivity contribution in [2.24, 2.45) is 0 Å². The Morgan fingerprint density at radius 2 is 1.48 bits per heavy atom. The second kappa shape index (κ2) is 15.6. The van der Waals surface area contributed by atoms with Gasteiger partial charge in [0.1, 0.15) is 0 Å². The normalized spacial score (nSPS) is 12.9. The van der Waals surface area contributed by atoms with Gasteiger partial charge in [-0.3, -0.25) is 4.79 Å². The van der Waals surface area contributed by atoms with Gasteiger partial charge in [-0.1, -0.05) is 51.2 Å². The minimum absolute atomic E-state index is 0.167. The van der Waals surface area contributed by atoms with Crippen LogP contribution in [0, 0.1) is 0 Å². The van der Waals surface area contributed by atoms with Crippen LogP contribution in [0.1, 0.15) is 90.4 Å². The molecular formula is C18H34O3. The number of carboxylic acids is 1. The van der Waals surface area contributed by atoms with Gasteiger partial charge in [0, 0.05) is 6.42 Å². The maximum Gasteiger partial charge on any atom is 0.303 e. The third-order valence-electron chi connectivity index (χ3n) is 3.73. The molecule has 0 aliphatic rings. The zero-order valence-electron chi connectivity index (χ0n) is 13.7. The minimum Gasteiger partial charge on any atom is -0.481 e. The summed E-state index contributed by atoms with van der Waals surface area (Å²) in [5, 5.41) is 18.2. The lowest BCUT2D eigenvalue weighted by molar-refractivity contribution is -0.137. The average Bonchev–Trinajstić information content (AvgIpc) is 2.44. The van der Waals surface area contributed by atoms with Crippen LogP contribution in [-0.2, 0) is 4.79 Å². The molecule has 0 aromatic carbocycles. The summed E-state index contributed by atoms with van der Waals surface area (Å²) in [6, 6.07) is 0. The first kappa shape index (κ1) is 20.2. The SMILES string of the molecule is CCCCCC/C=C/CCCCCC(O)CCCC(=O)O. The number of carbonyl (C=O) groups is 1. The largest absolute Gasteiger partial charge is 0.481 e. The van der Waals surface area contributed by atoms with Gasteiger partial charge in [0.2, 0.25) is 0 Å². The molecule has 124 valence electrons. The summed E-state index contributed by atoms with van der Waals surface area (Å²) in [6.07, 6.45) is 17.5. The van der Waals surface area contributed by atoms with Crippen molar-refractivity contribution in [3.63, 3.8) is 0 Å². The van der Waals surface area contributed by atoms with Crippen molar-refractivity contribution in [1.82, 2.24) is 0 Å². The van der Waals surface area contributed by atoms with Crippen molar-refractivity contribution in [3.05, 3.63) is 12.2 Å². The molecule has 0 amide bonds. The van der Waals surface area contributed by atoms with Gasteiger partial charge in [0.25, 0.3) is 0 Å². The van der Waals surface area contributed by atoms with Crippen molar-refractivity contribution in [3.8, 4) is 0 Å². The smallest absolute Gasteiger partial charge is 0.303 e. The number of hydrogen-bond donors (Lipinski definition) is 2. The molecule has 0 radical (unpaired) electrons. The molecule has 0 bridgehead atoms. The Labute approximate surface area is 130 Å². The summed E-state index contributed by atoms with van der Waals surface area (Å²) in [4.78, 5) is 10.4. The molecule has 1 unspecified atom stereocenters. The van der Waals surface area contributed by atoms with E-state index in [0.29, 0.717) is 12.8 Å². The molecule has 0 aliphatic heterocycles. The summed E-state index contributed by atoms with van der Waals surface area (Å²) in [5.41, 5.74) is 0. The fraction of sp³-hybridized carbons (Fsp3) is 0.833. The number of rotatable bonds is 15. The van der Waals surface area contributed by atoms with Gasteiger partial charge in [-0.05, 0) is 44.9 Å². The molecule has 0 aromatic rings. The molecule has 3 heteroatoms. The molecule has 0 fully saturated rings. The number of aliphatic hydroxyl groups excluding tert-OH is 1. The first-order valence-electron chi connectivity index (χ1n) is 8.71. The Morgan fingerprint density at radius 3 is 2.05 bits per heavy atom. The zero-order chi connectivity index (χ0) is 15.8. The van der Waals surface area contributed by atoms with Crippen LogP contribution in [-0.4, -0.2) is 22.3 Å². The Bertz CT molecular complexity index is 261. The van der Waals surface area contributed by atoms with Crippen LogP contribution < -0.4 is 0 Å². The highest BCUT2D eigenvalue weighted by Crippen LogP contribution is 2.11. The highest BCUT2D eigenvalue weighted by Gasteiger charge is 2.05. The number of aliphatic hydroxyl groups is 1. The minimum atomic E-state index is -0.774. The van der Waals surface area contributed by atoms with Crippen LogP contribution in [0.25, 0.3) is 0 Å². The number of allylic oxidation sites excluding steroid dienone is 2. The molecule has 0 aromatic heterocycles. The third kappa shape index (κ3) is 17.1. The van der Waals surface area contributed by atoms with E-state index < -0.39 is 5.97 Å². The number of carboxylic acid groups (broad SMARTS) is 1. The molecule has 0 spiro atoms. The van der Waals surface area contributed by atoms with Crippen LogP contribution >= 0.6 is 0 Å². The lowest BCUT2D eigenvalue weighted by atomic mass is 10.0. The molecule has 1 atom stereocenters. The monoisotopic (exact) mass is 298 g/mol. The highest BCUT2D eigenvalue weighted by atomic mass is 16.4. The van der Waals surface area contributed by atoms with E-state index in [-0.39, 0.29) is 12.5 Å². The van der Waals surface area contributed by atoms with Gasteiger partial charge in [0.05, 0.1) is 6.10 Å². The lowest BCUT2D eigenvalue weighted by Gasteiger charge is -2.08. The van der Waals surface area contributed by atoms with Crippen molar-refractivity contribution in [2.45, 2.75) is 96.5 Å². The van der Waals surface area contributed by atoms with Crippen LogP contribution in [0.4, 0.5) is 0 Å². The molecule has 0 heterocycles. The number of aliphatic carboxylic acids is 1. The second-order valence-corrected chi connectivity index (χ2v) is 5.90. The maximum atomic E-state index is 10.4. The summed E-state index contributed by atoms with van der Waals surface area (Å²) in [7, 11) is 0. The summed E-state index contributed by atoms with van der Waals surface area (Å²) in [5.74, 6) is -0.774. The Balaban J connectivity index is 3.23. The predicted molar refractivity (Wildman–Crippen MR) is 88.5 cm³/mol. The fourth-order valence-electron chi connectivity index (χ4n) is 2.38. The molecule has 3 nitrogen and oxygen atoms in total. The van der Waals surface area contributed by atoms with Crippen molar-refractivity contribution in [1.29, 1.82) is 0 Å². The average molecular weight is 298 g/mol. The standard InChI is InChI=1S/C18H34O3/c1-2-3-4-5-6-7-8-9-10-11-12-14-17(19)15-13-16-18(20)21/h7-8,17,19H,2-6,9-16H2,1H3,(H,20,21)/b8-7+. The van der Waals surface area contributed by atoms with Crippen LogP contribution in [0.5, 0.6) is 0 Å². The van der Waals surface area contributed by atoms with Crippen LogP contribution in [0.2, 0.25) is 0 Å². The lowest BCUT2D eigenvalue weighted by Crippen LogP contribution is -2.07. The van der Waals surface area contributed by atoms with Gasteiger partial charge in [-0.15, -0.1) is 0 Å². The van der Waals surface area contributed by atoms with Crippen molar-refractivity contribution in [2.75, 3.05) is 0 Å². The van der Waals surface area contributed by atoms with E-state index in [1.165, 1.54) is 38.5 Å². The third-order valence-corrected chi connectivity index (χ3v) is 3.73. The van der Waals surface area contributed by atoms with E-state index in [2.05, 4.69) is 19.1 Å². The summed E-state index contributed by atoms with van der Waals surface area (Å²) < 4.78 is 0. The van der Waals surface area contributed by atoms with Crippen molar-refractivity contribution >= 4 is 5.97 Å². The van der Waals surface area contributed by atoms with Crippen molar-refractivity contribution < 1.29 is 15.0 Å². The van der Waals surface area contributed by atoms with E-state index >= 15 is 0 Å². The summed E-state index contributed by atoms with van der Waals surface area (Å²) in [6.45, 7) is 2.24. The first-order valence-corrected chi connectivity index (χ1v) is 8.71. The molecule has 0 saturated heterocycles. The van der Waals surface area contributed by atoms with E-state index in [9.17, 15) is 9.90 Å². The molecule has 2 N–H and O–H groups in total.